The average molecular weight is 423 g/mol. The van der Waals surface area contributed by atoms with Crippen LogP contribution in [0.5, 0.6) is 0 Å². The normalized spacial score (nSPS) is 27.7. The van der Waals surface area contributed by atoms with Gasteiger partial charge in [-0.1, -0.05) is 26.3 Å². The topological polar surface area (TPSA) is 71.5 Å². The molecular formula is C26H34N2O3. The molecule has 166 valence electrons. The van der Waals surface area contributed by atoms with Crippen LogP contribution in [0.4, 0.5) is 5.69 Å². The highest BCUT2D eigenvalue weighted by molar-refractivity contribution is 6.04. The van der Waals surface area contributed by atoms with Gasteiger partial charge in [0, 0.05) is 17.2 Å². The molecule has 0 unspecified atom stereocenters. The largest absolute Gasteiger partial charge is 0.390 e. The van der Waals surface area contributed by atoms with Crippen molar-refractivity contribution in [2.75, 3.05) is 11.9 Å². The van der Waals surface area contributed by atoms with Crippen molar-refractivity contribution in [1.29, 1.82) is 0 Å². The molecular weight excluding hydrogens is 388 g/mol. The van der Waals surface area contributed by atoms with E-state index in [9.17, 15) is 9.90 Å². The first-order chi connectivity index (χ1) is 14.9. The molecule has 3 atom stereocenters. The Balaban J connectivity index is 1.63. The van der Waals surface area contributed by atoms with Crippen LogP contribution in [0.2, 0.25) is 0 Å². The third-order valence-corrected chi connectivity index (χ3v) is 7.53. The quantitative estimate of drug-likeness (QED) is 0.699. The molecule has 1 aromatic heterocycles. The van der Waals surface area contributed by atoms with Crippen molar-refractivity contribution in [2.24, 2.45) is 5.92 Å². The van der Waals surface area contributed by atoms with Crippen molar-refractivity contribution < 1.29 is 14.6 Å². The van der Waals surface area contributed by atoms with Crippen LogP contribution in [0.3, 0.4) is 0 Å². The Labute approximate surface area is 185 Å². The zero-order chi connectivity index (χ0) is 22.1. The van der Waals surface area contributed by atoms with E-state index in [2.05, 4.69) is 30.2 Å². The number of benzene rings is 1. The predicted molar refractivity (Wildman–Crippen MR) is 122 cm³/mol. The molecule has 0 saturated heterocycles. The number of carbonyl (C=O) groups excluding carboxylic acids is 1. The van der Waals surface area contributed by atoms with Crippen LogP contribution >= 0.6 is 0 Å². The van der Waals surface area contributed by atoms with Crippen molar-refractivity contribution in [1.82, 2.24) is 4.98 Å². The van der Waals surface area contributed by atoms with Gasteiger partial charge in [-0.05, 0) is 80.3 Å². The standard InChI is InChI=1S/C26H34N2O3/c1-4-10-25(30)11-12-26(5-2)21(15-25)17-31-16-20-14-19(8-9-22(20)26)24(29)28-23-7-6-13-27-18(23)3/h6-9,13-14,21,30H,4-5,10-12,15-17H2,1-3H3,(H,28,29)/t21-,25-,26-/m1/s1. The van der Waals surface area contributed by atoms with Gasteiger partial charge < -0.3 is 15.2 Å². The molecule has 0 bridgehead atoms. The van der Waals surface area contributed by atoms with Crippen LogP contribution in [-0.2, 0) is 16.8 Å². The molecule has 4 rings (SSSR count). The predicted octanol–water partition coefficient (Wildman–Crippen LogP) is 5.15. The minimum atomic E-state index is -0.576. The molecule has 1 saturated carbocycles. The van der Waals surface area contributed by atoms with E-state index in [1.807, 2.05) is 31.2 Å². The van der Waals surface area contributed by atoms with Gasteiger partial charge in [0.05, 0.1) is 30.2 Å². The van der Waals surface area contributed by atoms with E-state index in [1.165, 1.54) is 5.56 Å². The van der Waals surface area contributed by atoms with Gasteiger partial charge in [-0.3, -0.25) is 9.78 Å². The zero-order valence-corrected chi connectivity index (χ0v) is 18.9. The number of nitrogens with one attached hydrogen (secondary N) is 1. The molecule has 5 nitrogen and oxygen atoms in total. The molecule has 1 aliphatic heterocycles. The van der Waals surface area contributed by atoms with Crippen LogP contribution in [-0.4, -0.2) is 28.2 Å². The molecule has 5 heteroatoms. The summed E-state index contributed by atoms with van der Waals surface area (Å²) in [5.74, 6) is 0.160. The Morgan fingerprint density at radius 2 is 2.13 bits per heavy atom. The number of aromatic nitrogens is 1. The molecule has 1 amide bonds. The van der Waals surface area contributed by atoms with Crippen molar-refractivity contribution >= 4 is 11.6 Å². The fraction of sp³-hybridized carbons (Fsp3) is 0.538. The molecule has 2 N–H and O–H groups in total. The molecule has 1 aliphatic carbocycles. The van der Waals surface area contributed by atoms with Crippen LogP contribution in [0.25, 0.3) is 0 Å². The summed E-state index contributed by atoms with van der Waals surface area (Å²) in [6, 6.07) is 9.75. The number of ether oxygens (including phenoxy) is 1. The van der Waals surface area contributed by atoms with E-state index < -0.39 is 5.60 Å². The summed E-state index contributed by atoms with van der Waals surface area (Å²) in [5, 5.41) is 14.1. The Kier molecular flexibility index (Phi) is 6.18. The number of pyridine rings is 1. The van der Waals surface area contributed by atoms with Gasteiger partial charge in [-0.15, -0.1) is 0 Å². The van der Waals surface area contributed by atoms with Crippen LogP contribution < -0.4 is 5.32 Å². The molecule has 2 aliphatic rings. The van der Waals surface area contributed by atoms with Gasteiger partial charge in [0.2, 0.25) is 0 Å². The Morgan fingerprint density at radius 3 is 2.87 bits per heavy atom. The highest BCUT2D eigenvalue weighted by Gasteiger charge is 2.49. The number of anilines is 1. The summed E-state index contributed by atoms with van der Waals surface area (Å²) < 4.78 is 6.11. The average Bonchev–Trinajstić information content (AvgIpc) is 2.91. The monoisotopic (exact) mass is 422 g/mol. The molecule has 31 heavy (non-hydrogen) atoms. The number of hydrogen-bond donors (Lipinski definition) is 2. The second kappa shape index (κ2) is 8.71. The molecule has 0 radical (unpaired) electrons. The smallest absolute Gasteiger partial charge is 0.255 e. The first-order valence-electron chi connectivity index (χ1n) is 11.6. The van der Waals surface area contributed by atoms with Crippen molar-refractivity contribution in [3.8, 4) is 0 Å². The zero-order valence-electron chi connectivity index (χ0n) is 18.9. The van der Waals surface area contributed by atoms with E-state index in [0.29, 0.717) is 24.7 Å². The minimum absolute atomic E-state index is 0.000743. The highest BCUT2D eigenvalue weighted by Crippen LogP contribution is 2.52. The Hall–Kier alpha value is -2.24. The number of aliphatic hydroxyl groups is 1. The van der Waals surface area contributed by atoms with E-state index in [1.54, 1.807) is 6.20 Å². The van der Waals surface area contributed by atoms with Crippen molar-refractivity contribution in [3.05, 3.63) is 58.9 Å². The van der Waals surface area contributed by atoms with Crippen LogP contribution in [0.1, 0.15) is 79.6 Å². The fourth-order valence-electron chi connectivity index (χ4n) is 5.80. The summed E-state index contributed by atoms with van der Waals surface area (Å²) in [7, 11) is 0. The van der Waals surface area contributed by atoms with Crippen LogP contribution in [0.15, 0.2) is 36.5 Å². The van der Waals surface area contributed by atoms with Crippen LogP contribution in [0, 0.1) is 12.8 Å². The summed E-state index contributed by atoms with van der Waals surface area (Å²) in [4.78, 5) is 17.2. The van der Waals surface area contributed by atoms with E-state index in [0.717, 1.165) is 55.5 Å². The lowest BCUT2D eigenvalue weighted by molar-refractivity contribution is -0.0706. The van der Waals surface area contributed by atoms with Crippen molar-refractivity contribution in [3.63, 3.8) is 0 Å². The van der Waals surface area contributed by atoms with Gasteiger partial charge in [0.25, 0.3) is 5.91 Å². The summed E-state index contributed by atoms with van der Waals surface area (Å²) in [6.45, 7) is 7.43. The number of fused-ring (bicyclic) bond motifs is 3. The number of carbonyl (C=O) groups is 1. The summed E-state index contributed by atoms with van der Waals surface area (Å²) in [5.41, 5.74) is 3.98. The van der Waals surface area contributed by atoms with E-state index in [4.69, 9.17) is 4.74 Å². The maximum Gasteiger partial charge on any atom is 0.255 e. The number of nitrogens with zero attached hydrogens (tertiary/aromatic N) is 1. The highest BCUT2D eigenvalue weighted by atomic mass is 16.5. The lowest BCUT2D eigenvalue weighted by atomic mass is 9.57. The third kappa shape index (κ3) is 4.13. The van der Waals surface area contributed by atoms with E-state index >= 15 is 0 Å². The number of aryl methyl sites for hydroxylation is 1. The van der Waals surface area contributed by atoms with Gasteiger partial charge in [0.1, 0.15) is 0 Å². The van der Waals surface area contributed by atoms with Gasteiger partial charge in [-0.25, -0.2) is 0 Å². The minimum Gasteiger partial charge on any atom is -0.390 e. The van der Waals surface area contributed by atoms with Gasteiger partial charge in [-0.2, -0.15) is 0 Å². The Morgan fingerprint density at radius 1 is 1.29 bits per heavy atom. The molecule has 1 fully saturated rings. The molecule has 2 heterocycles. The molecule has 2 aromatic rings. The maximum atomic E-state index is 12.9. The molecule has 0 spiro atoms. The third-order valence-electron chi connectivity index (χ3n) is 7.53. The lowest BCUT2D eigenvalue weighted by Crippen LogP contribution is -2.48. The first-order valence-corrected chi connectivity index (χ1v) is 11.6. The van der Waals surface area contributed by atoms with Gasteiger partial charge in [0.15, 0.2) is 0 Å². The first kappa shape index (κ1) is 22.0. The number of rotatable bonds is 5. The van der Waals surface area contributed by atoms with Gasteiger partial charge >= 0.3 is 0 Å². The van der Waals surface area contributed by atoms with Crippen molar-refractivity contribution in [2.45, 2.75) is 76.9 Å². The summed E-state index contributed by atoms with van der Waals surface area (Å²) >= 11 is 0. The summed E-state index contributed by atoms with van der Waals surface area (Å²) in [6.07, 6.45) is 7.15. The molecule has 1 aromatic carbocycles. The maximum absolute atomic E-state index is 12.9. The Bertz CT molecular complexity index is 959. The number of amides is 1. The second-order valence-electron chi connectivity index (χ2n) is 9.36. The SMILES string of the molecule is CCC[C@@]1(O)CC[C@@]2(CC)c3ccc(C(=O)Nc4cccnc4C)cc3COC[C@H]2C1. The van der Waals surface area contributed by atoms with E-state index in [-0.39, 0.29) is 11.3 Å². The lowest BCUT2D eigenvalue weighted by Gasteiger charge is -2.49. The number of hydrogen-bond acceptors (Lipinski definition) is 4. The second-order valence-corrected chi connectivity index (χ2v) is 9.36. The fourth-order valence-corrected chi connectivity index (χ4v) is 5.80.